The number of benzene rings is 1. The molecule has 0 bridgehead atoms. The zero-order valence-corrected chi connectivity index (χ0v) is 13.6. The van der Waals surface area contributed by atoms with Crippen molar-refractivity contribution in [1.29, 1.82) is 0 Å². The normalized spacial score (nSPS) is 11.8. The van der Waals surface area contributed by atoms with Crippen molar-refractivity contribution >= 4 is 38.6 Å². The van der Waals surface area contributed by atoms with Gasteiger partial charge in [-0.2, -0.15) is 0 Å². The average molecular weight is 349 g/mol. The average Bonchev–Trinajstić information content (AvgIpc) is 2.79. The number of thiophene rings is 1. The largest absolute Gasteiger partial charge is 0.399 e. The lowest BCUT2D eigenvalue weighted by Crippen LogP contribution is -2.27. The molecule has 8 heteroatoms. The Morgan fingerprint density at radius 1 is 1.38 bits per heavy atom. The fraction of sp³-hybridized carbons (Fsp3) is 0.231. The monoisotopic (exact) mass is 348 g/mol. The molecular formula is C13H14ClFN2O2S2. The lowest BCUT2D eigenvalue weighted by Gasteiger charge is -2.09. The molecule has 0 amide bonds. The molecule has 0 unspecified atom stereocenters. The molecule has 1 aromatic carbocycles. The predicted octanol–water partition coefficient (Wildman–Crippen LogP) is 2.95. The first-order chi connectivity index (χ1) is 9.79. The van der Waals surface area contributed by atoms with Gasteiger partial charge in [-0.25, -0.2) is 17.5 Å². The smallest absolute Gasteiger partial charge is 0.243 e. The molecule has 114 valence electrons. The Kier molecular flexibility index (Phi) is 4.88. The summed E-state index contributed by atoms with van der Waals surface area (Å²) < 4.78 is 41.2. The maximum Gasteiger partial charge on any atom is 0.243 e. The molecule has 0 aliphatic rings. The van der Waals surface area contributed by atoms with Gasteiger partial charge in [0.2, 0.25) is 10.0 Å². The Morgan fingerprint density at radius 2 is 2.10 bits per heavy atom. The maximum atomic E-state index is 13.9. The van der Waals surface area contributed by atoms with Crippen LogP contribution in [0.15, 0.2) is 29.2 Å². The summed E-state index contributed by atoms with van der Waals surface area (Å²) in [7, 11) is -3.93. The van der Waals surface area contributed by atoms with E-state index < -0.39 is 20.7 Å². The van der Waals surface area contributed by atoms with Crippen LogP contribution in [0.1, 0.15) is 10.4 Å². The van der Waals surface area contributed by atoms with Crippen molar-refractivity contribution in [2.45, 2.75) is 18.2 Å². The molecule has 0 fully saturated rings. The maximum absolute atomic E-state index is 13.9. The van der Waals surface area contributed by atoms with E-state index in [1.807, 2.05) is 6.07 Å². The van der Waals surface area contributed by atoms with Crippen LogP contribution in [0, 0.1) is 12.7 Å². The molecule has 21 heavy (non-hydrogen) atoms. The Balaban J connectivity index is 2.12. The van der Waals surface area contributed by atoms with Gasteiger partial charge in [-0.05, 0) is 43.2 Å². The van der Waals surface area contributed by atoms with Crippen molar-refractivity contribution in [3.63, 3.8) is 0 Å². The molecule has 0 saturated carbocycles. The molecule has 0 aliphatic heterocycles. The van der Waals surface area contributed by atoms with Crippen LogP contribution in [0.3, 0.4) is 0 Å². The summed E-state index contributed by atoms with van der Waals surface area (Å²) in [6.45, 7) is 1.63. The second-order valence-corrected chi connectivity index (χ2v) is 8.04. The van der Waals surface area contributed by atoms with Gasteiger partial charge in [0.15, 0.2) is 0 Å². The van der Waals surface area contributed by atoms with Crippen LogP contribution in [0.4, 0.5) is 10.1 Å². The van der Waals surface area contributed by atoms with Gasteiger partial charge in [0.1, 0.15) is 10.7 Å². The number of sulfonamides is 1. The predicted molar refractivity (Wildman–Crippen MR) is 83.8 cm³/mol. The molecule has 0 atom stereocenters. The van der Waals surface area contributed by atoms with Gasteiger partial charge in [-0.15, -0.1) is 11.3 Å². The van der Waals surface area contributed by atoms with E-state index in [-0.39, 0.29) is 17.8 Å². The number of rotatable bonds is 5. The number of nitrogen functional groups attached to an aromatic ring is 1. The Hall–Kier alpha value is -1.15. The third-order valence-corrected chi connectivity index (χ3v) is 5.58. The Morgan fingerprint density at radius 3 is 2.71 bits per heavy atom. The van der Waals surface area contributed by atoms with Crippen LogP contribution in [-0.2, 0) is 16.4 Å². The minimum Gasteiger partial charge on any atom is -0.399 e. The summed E-state index contributed by atoms with van der Waals surface area (Å²) >= 11 is 7.18. The van der Waals surface area contributed by atoms with E-state index in [9.17, 15) is 12.8 Å². The quantitative estimate of drug-likeness (QED) is 0.816. The topological polar surface area (TPSA) is 72.2 Å². The zero-order valence-electron chi connectivity index (χ0n) is 11.2. The van der Waals surface area contributed by atoms with Crippen molar-refractivity contribution in [3.05, 3.63) is 44.9 Å². The van der Waals surface area contributed by atoms with Gasteiger partial charge in [0.05, 0.1) is 4.34 Å². The highest BCUT2D eigenvalue weighted by molar-refractivity contribution is 7.89. The summed E-state index contributed by atoms with van der Waals surface area (Å²) in [6.07, 6.45) is 0.486. The van der Waals surface area contributed by atoms with E-state index in [2.05, 4.69) is 4.72 Å². The van der Waals surface area contributed by atoms with Gasteiger partial charge in [-0.3, -0.25) is 0 Å². The molecular weight excluding hydrogens is 335 g/mol. The van der Waals surface area contributed by atoms with E-state index in [1.165, 1.54) is 24.3 Å². The molecule has 1 heterocycles. The second kappa shape index (κ2) is 6.31. The van der Waals surface area contributed by atoms with Crippen molar-refractivity contribution in [2.24, 2.45) is 0 Å². The van der Waals surface area contributed by atoms with Crippen LogP contribution in [0.2, 0.25) is 4.34 Å². The van der Waals surface area contributed by atoms with Gasteiger partial charge >= 0.3 is 0 Å². The van der Waals surface area contributed by atoms with Crippen LogP contribution in [0.5, 0.6) is 0 Å². The third-order valence-electron chi connectivity index (χ3n) is 2.83. The molecule has 2 rings (SSSR count). The highest BCUT2D eigenvalue weighted by atomic mass is 35.5. The van der Waals surface area contributed by atoms with Crippen molar-refractivity contribution in [2.75, 3.05) is 12.3 Å². The first-order valence-corrected chi connectivity index (χ1v) is 8.77. The summed E-state index contributed by atoms with van der Waals surface area (Å²) in [5, 5.41) is 0. The standard InChI is InChI=1S/C13H14ClFN2O2S2/c1-8-6-9(16)7-11(13(8)15)21(18,19)17-5-4-10-2-3-12(14)20-10/h2-3,6-7,17H,4-5,16H2,1H3. The van der Waals surface area contributed by atoms with E-state index in [0.717, 1.165) is 10.9 Å². The number of hydrogen-bond acceptors (Lipinski definition) is 4. The van der Waals surface area contributed by atoms with Crippen LogP contribution in [-0.4, -0.2) is 15.0 Å². The molecule has 2 aromatic rings. The highest BCUT2D eigenvalue weighted by Gasteiger charge is 2.20. The minimum atomic E-state index is -3.93. The van der Waals surface area contributed by atoms with E-state index >= 15 is 0 Å². The van der Waals surface area contributed by atoms with Crippen molar-refractivity contribution in [3.8, 4) is 0 Å². The number of nitrogens with one attached hydrogen (secondary N) is 1. The lowest BCUT2D eigenvalue weighted by molar-refractivity contribution is 0.553. The zero-order chi connectivity index (χ0) is 15.6. The molecule has 0 spiro atoms. The van der Waals surface area contributed by atoms with Crippen molar-refractivity contribution in [1.82, 2.24) is 4.72 Å². The summed E-state index contributed by atoms with van der Waals surface area (Å²) in [5.74, 6) is -0.782. The summed E-state index contributed by atoms with van der Waals surface area (Å²) in [6, 6.07) is 6.08. The highest BCUT2D eigenvalue weighted by Crippen LogP contribution is 2.23. The first-order valence-electron chi connectivity index (χ1n) is 6.09. The third kappa shape index (κ3) is 3.94. The summed E-state index contributed by atoms with van der Waals surface area (Å²) in [4.78, 5) is 0.524. The Labute approximate surface area is 131 Å². The van der Waals surface area contributed by atoms with Crippen LogP contribution >= 0.6 is 22.9 Å². The SMILES string of the molecule is Cc1cc(N)cc(S(=O)(=O)NCCc2ccc(Cl)s2)c1F. The van der Waals surface area contributed by atoms with Gasteiger partial charge in [0.25, 0.3) is 0 Å². The number of anilines is 1. The first kappa shape index (κ1) is 16.2. The second-order valence-electron chi connectivity index (χ2n) is 4.50. The van der Waals surface area contributed by atoms with Crippen LogP contribution in [0.25, 0.3) is 0 Å². The van der Waals surface area contributed by atoms with Gasteiger partial charge < -0.3 is 5.73 Å². The van der Waals surface area contributed by atoms with E-state index in [4.69, 9.17) is 17.3 Å². The number of hydrogen-bond donors (Lipinski definition) is 2. The molecule has 0 aliphatic carbocycles. The number of aryl methyl sites for hydroxylation is 1. The van der Waals surface area contributed by atoms with E-state index in [1.54, 1.807) is 6.07 Å². The van der Waals surface area contributed by atoms with Crippen molar-refractivity contribution < 1.29 is 12.8 Å². The number of nitrogens with two attached hydrogens (primary N) is 1. The molecule has 0 radical (unpaired) electrons. The Bertz CT molecular complexity index is 760. The molecule has 3 N–H and O–H groups in total. The fourth-order valence-corrected chi connectivity index (χ4v) is 4.13. The number of halogens is 2. The lowest BCUT2D eigenvalue weighted by atomic mass is 10.2. The van der Waals surface area contributed by atoms with E-state index in [0.29, 0.717) is 10.8 Å². The fourth-order valence-electron chi connectivity index (χ4n) is 1.83. The molecule has 0 saturated heterocycles. The molecule has 4 nitrogen and oxygen atoms in total. The van der Waals surface area contributed by atoms with Crippen LogP contribution < -0.4 is 10.5 Å². The van der Waals surface area contributed by atoms with Gasteiger partial charge in [-0.1, -0.05) is 11.6 Å². The van der Waals surface area contributed by atoms with Gasteiger partial charge in [0, 0.05) is 17.1 Å². The minimum absolute atomic E-state index is 0.159. The summed E-state index contributed by atoms with van der Waals surface area (Å²) in [5.41, 5.74) is 5.98. The molecule has 1 aromatic heterocycles.